The molecule has 1 aliphatic rings. The maximum atomic E-state index is 13.2. The number of benzene rings is 1. The Morgan fingerprint density at radius 3 is 3.00 bits per heavy atom. The van der Waals surface area contributed by atoms with E-state index >= 15 is 0 Å². The Balaban J connectivity index is 1.93. The summed E-state index contributed by atoms with van der Waals surface area (Å²) in [6.07, 6.45) is 1.61. The molecule has 1 aliphatic heterocycles. The maximum Gasteiger partial charge on any atom is 0.323 e. The van der Waals surface area contributed by atoms with Gasteiger partial charge in [-0.25, -0.2) is 14.2 Å². The lowest BCUT2D eigenvalue weighted by atomic mass is 10.1. The Morgan fingerprint density at radius 2 is 2.27 bits per heavy atom. The number of anilines is 3. The molecule has 3 rings (SSSR count). The Kier molecular flexibility index (Phi) is 3.85. The van der Waals surface area contributed by atoms with Gasteiger partial charge in [0.1, 0.15) is 11.6 Å². The van der Waals surface area contributed by atoms with Gasteiger partial charge in [0.05, 0.1) is 11.6 Å². The Labute approximate surface area is 132 Å². The summed E-state index contributed by atoms with van der Waals surface area (Å²) < 4.78 is 13.2. The molecule has 0 atom stereocenters. The van der Waals surface area contributed by atoms with E-state index in [1.165, 1.54) is 12.1 Å². The van der Waals surface area contributed by atoms with Crippen LogP contribution in [0.4, 0.5) is 26.4 Å². The molecule has 2 amide bonds. The van der Waals surface area contributed by atoms with Gasteiger partial charge in [0.25, 0.3) is 0 Å². The van der Waals surface area contributed by atoms with Crippen molar-refractivity contribution in [2.45, 2.75) is 13.5 Å². The molecule has 7 heteroatoms. The summed E-state index contributed by atoms with van der Waals surface area (Å²) in [6.45, 7) is 2.97. The van der Waals surface area contributed by atoms with Crippen LogP contribution in [0.2, 0.25) is 5.02 Å². The van der Waals surface area contributed by atoms with Crippen molar-refractivity contribution in [2.75, 3.05) is 17.2 Å². The predicted octanol–water partition coefficient (Wildman–Crippen LogP) is 3.99. The van der Waals surface area contributed by atoms with Crippen molar-refractivity contribution in [3.05, 3.63) is 46.9 Å². The minimum absolute atomic E-state index is 0.0522. The Morgan fingerprint density at radius 1 is 1.45 bits per heavy atom. The zero-order valence-corrected chi connectivity index (χ0v) is 12.6. The van der Waals surface area contributed by atoms with Crippen molar-refractivity contribution < 1.29 is 9.18 Å². The molecule has 0 spiro atoms. The second-order valence-electron chi connectivity index (χ2n) is 4.88. The largest absolute Gasteiger partial charge is 0.355 e. The van der Waals surface area contributed by atoms with Gasteiger partial charge in [-0.05, 0) is 31.2 Å². The minimum Gasteiger partial charge on any atom is -0.355 e. The summed E-state index contributed by atoms with van der Waals surface area (Å²) >= 11 is 5.80. The van der Waals surface area contributed by atoms with E-state index in [2.05, 4.69) is 15.6 Å². The molecule has 1 aromatic carbocycles. The van der Waals surface area contributed by atoms with Crippen molar-refractivity contribution >= 4 is 34.8 Å². The number of hydrogen-bond donors (Lipinski definition) is 2. The highest BCUT2D eigenvalue weighted by atomic mass is 35.5. The highest BCUT2D eigenvalue weighted by Gasteiger charge is 2.24. The maximum absolute atomic E-state index is 13.2. The minimum atomic E-state index is -0.464. The number of rotatable bonds is 3. The Bertz CT molecular complexity index is 737. The molecule has 22 heavy (non-hydrogen) atoms. The summed E-state index contributed by atoms with van der Waals surface area (Å²) in [5.74, 6) is 0.0707. The molecule has 114 valence electrons. The highest BCUT2D eigenvalue weighted by Crippen LogP contribution is 2.31. The molecule has 5 nitrogen and oxygen atoms in total. The van der Waals surface area contributed by atoms with Gasteiger partial charge < -0.3 is 10.2 Å². The summed E-state index contributed by atoms with van der Waals surface area (Å²) in [7, 11) is 0. The number of nitrogens with zero attached hydrogens (tertiary/aromatic N) is 2. The normalized spacial score (nSPS) is 13.6. The van der Waals surface area contributed by atoms with Gasteiger partial charge in [-0.2, -0.15) is 0 Å². The molecule has 2 heterocycles. The lowest BCUT2D eigenvalue weighted by Crippen LogP contribution is -2.39. The number of fused-ring (bicyclic) bond motifs is 1. The average Bonchev–Trinajstić information content (AvgIpc) is 2.50. The smallest absolute Gasteiger partial charge is 0.323 e. The summed E-state index contributed by atoms with van der Waals surface area (Å²) in [4.78, 5) is 17.7. The SMILES string of the molecule is CCN1Cc2c(Nc3ccc(F)c(Cl)c3)ccnc2NC1=O. The first kappa shape index (κ1) is 14.6. The van der Waals surface area contributed by atoms with Crippen LogP contribution in [0.1, 0.15) is 12.5 Å². The van der Waals surface area contributed by atoms with Crippen molar-refractivity contribution in [2.24, 2.45) is 0 Å². The number of halogens is 2. The molecule has 2 aromatic rings. The summed E-state index contributed by atoms with van der Waals surface area (Å²) in [6, 6.07) is 6.07. The van der Waals surface area contributed by atoms with Gasteiger partial charge >= 0.3 is 6.03 Å². The fourth-order valence-electron chi connectivity index (χ4n) is 2.31. The molecule has 0 bridgehead atoms. The van der Waals surface area contributed by atoms with Crippen LogP contribution < -0.4 is 10.6 Å². The lowest BCUT2D eigenvalue weighted by molar-refractivity contribution is 0.209. The number of nitrogens with one attached hydrogen (secondary N) is 2. The third-order valence-electron chi connectivity index (χ3n) is 3.50. The first-order valence-corrected chi connectivity index (χ1v) is 7.22. The number of amides is 2. The zero-order chi connectivity index (χ0) is 15.7. The van der Waals surface area contributed by atoms with Gasteiger partial charge in [0.2, 0.25) is 0 Å². The van der Waals surface area contributed by atoms with Crippen molar-refractivity contribution in [1.82, 2.24) is 9.88 Å². The molecule has 0 unspecified atom stereocenters. The molecule has 0 saturated heterocycles. The van der Waals surface area contributed by atoms with Crippen LogP contribution >= 0.6 is 11.6 Å². The van der Waals surface area contributed by atoms with E-state index in [1.807, 2.05) is 6.92 Å². The average molecular weight is 321 g/mol. The van der Waals surface area contributed by atoms with Crippen LogP contribution in [-0.2, 0) is 6.54 Å². The van der Waals surface area contributed by atoms with E-state index in [-0.39, 0.29) is 11.1 Å². The number of carbonyl (C=O) groups is 1. The van der Waals surface area contributed by atoms with Gasteiger partial charge in [0, 0.05) is 29.7 Å². The predicted molar refractivity (Wildman–Crippen MR) is 84.0 cm³/mol. The number of pyridine rings is 1. The third kappa shape index (κ3) is 2.69. The van der Waals surface area contributed by atoms with E-state index < -0.39 is 5.82 Å². The monoisotopic (exact) mass is 320 g/mol. The van der Waals surface area contributed by atoms with E-state index in [9.17, 15) is 9.18 Å². The second kappa shape index (κ2) is 5.81. The standard InChI is InChI=1S/C15H14ClFN4O/c1-2-21-8-10-13(5-6-18-14(10)20-15(21)22)19-9-3-4-12(17)11(16)7-9/h3-7H,2,8H2,1H3,(H2,18,19,20,22). The molecule has 0 fully saturated rings. The van der Waals surface area contributed by atoms with Crippen LogP contribution in [0.15, 0.2) is 30.5 Å². The van der Waals surface area contributed by atoms with Crippen LogP contribution in [0.3, 0.4) is 0 Å². The number of carbonyl (C=O) groups excluding carboxylic acids is 1. The Hall–Kier alpha value is -2.34. The van der Waals surface area contributed by atoms with E-state index in [0.717, 1.165) is 11.3 Å². The zero-order valence-electron chi connectivity index (χ0n) is 11.9. The van der Waals surface area contributed by atoms with Gasteiger partial charge in [-0.15, -0.1) is 0 Å². The molecule has 1 aromatic heterocycles. The van der Waals surface area contributed by atoms with Crippen LogP contribution in [-0.4, -0.2) is 22.5 Å². The van der Waals surface area contributed by atoms with Gasteiger partial charge in [-0.1, -0.05) is 11.6 Å². The highest BCUT2D eigenvalue weighted by molar-refractivity contribution is 6.31. The lowest BCUT2D eigenvalue weighted by Gasteiger charge is -2.29. The first-order chi connectivity index (χ1) is 10.6. The molecule has 0 aliphatic carbocycles. The molecule has 2 N–H and O–H groups in total. The van der Waals surface area contributed by atoms with Crippen molar-refractivity contribution in [1.29, 1.82) is 0 Å². The quantitative estimate of drug-likeness (QED) is 0.899. The molecular weight excluding hydrogens is 307 g/mol. The van der Waals surface area contributed by atoms with Crippen LogP contribution in [0.25, 0.3) is 0 Å². The van der Waals surface area contributed by atoms with E-state index in [4.69, 9.17) is 11.6 Å². The first-order valence-electron chi connectivity index (χ1n) is 6.84. The number of aromatic nitrogens is 1. The molecular formula is C15H14ClFN4O. The van der Waals surface area contributed by atoms with Crippen LogP contribution in [0, 0.1) is 5.82 Å². The fourth-order valence-corrected chi connectivity index (χ4v) is 2.49. The topological polar surface area (TPSA) is 57.3 Å². The summed E-state index contributed by atoms with van der Waals surface area (Å²) in [5, 5.41) is 6.00. The fraction of sp³-hybridized carbons (Fsp3) is 0.200. The molecule has 0 saturated carbocycles. The van der Waals surface area contributed by atoms with Gasteiger partial charge in [0.15, 0.2) is 0 Å². The second-order valence-corrected chi connectivity index (χ2v) is 5.29. The van der Waals surface area contributed by atoms with E-state index in [1.54, 1.807) is 23.2 Å². The van der Waals surface area contributed by atoms with Crippen molar-refractivity contribution in [3.63, 3.8) is 0 Å². The van der Waals surface area contributed by atoms with Crippen LogP contribution in [0.5, 0.6) is 0 Å². The summed E-state index contributed by atoms with van der Waals surface area (Å²) in [5.41, 5.74) is 2.34. The third-order valence-corrected chi connectivity index (χ3v) is 3.79. The van der Waals surface area contributed by atoms with Gasteiger partial charge in [-0.3, -0.25) is 5.32 Å². The molecule has 0 radical (unpaired) electrons. The number of urea groups is 1. The van der Waals surface area contributed by atoms with Crippen molar-refractivity contribution in [3.8, 4) is 0 Å². The van der Waals surface area contributed by atoms with E-state index in [0.29, 0.717) is 24.6 Å². The number of hydrogen-bond acceptors (Lipinski definition) is 3.